The van der Waals surface area contributed by atoms with E-state index in [0.29, 0.717) is 6.61 Å². The van der Waals surface area contributed by atoms with E-state index in [4.69, 9.17) is 10.6 Å². The van der Waals surface area contributed by atoms with Crippen LogP contribution in [-0.4, -0.2) is 30.8 Å². The highest BCUT2D eigenvalue weighted by Gasteiger charge is 2.18. The van der Waals surface area contributed by atoms with Crippen LogP contribution in [0.1, 0.15) is 19.8 Å². The zero-order valence-corrected chi connectivity index (χ0v) is 6.55. The summed E-state index contributed by atoms with van der Waals surface area (Å²) in [6, 6.07) is 0.233. The van der Waals surface area contributed by atoms with Gasteiger partial charge in [-0.05, 0) is 6.42 Å². The summed E-state index contributed by atoms with van der Waals surface area (Å²) < 4.78 is 0. The first-order valence-electron chi connectivity index (χ1n) is 3.96. The molecule has 1 fully saturated rings. The van der Waals surface area contributed by atoms with Crippen LogP contribution in [0.15, 0.2) is 0 Å². The molecule has 10 heavy (non-hydrogen) atoms. The molecule has 0 amide bonds. The predicted molar refractivity (Wildman–Crippen MR) is 40.4 cm³/mol. The number of nitrogens with two attached hydrogens (primary N) is 1. The van der Waals surface area contributed by atoms with Gasteiger partial charge in [0.05, 0.1) is 6.61 Å². The lowest BCUT2D eigenvalue weighted by Crippen LogP contribution is -2.27. The lowest BCUT2D eigenvalue weighted by Gasteiger charge is -2.11. The Morgan fingerprint density at radius 3 is 3.00 bits per heavy atom. The van der Waals surface area contributed by atoms with Crippen molar-refractivity contribution < 1.29 is 4.84 Å². The standard InChI is InChI=1S/C7H16N2O/c1-2-3-4-9-5-7(8)6-10-9/h7H,2-6,8H2,1H3/t7-/m1/s1. The van der Waals surface area contributed by atoms with Crippen molar-refractivity contribution in [2.24, 2.45) is 5.73 Å². The van der Waals surface area contributed by atoms with Crippen molar-refractivity contribution >= 4 is 0 Å². The van der Waals surface area contributed by atoms with Crippen molar-refractivity contribution in [2.75, 3.05) is 19.7 Å². The van der Waals surface area contributed by atoms with Gasteiger partial charge in [-0.3, -0.25) is 4.84 Å². The van der Waals surface area contributed by atoms with Crippen molar-refractivity contribution in [3.63, 3.8) is 0 Å². The maximum atomic E-state index is 5.63. The van der Waals surface area contributed by atoms with Gasteiger partial charge in [0, 0.05) is 19.1 Å². The maximum absolute atomic E-state index is 5.63. The topological polar surface area (TPSA) is 38.5 Å². The molecule has 1 atom stereocenters. The molecule has 0 aromatic rings. The Hall–Kier alpha value is -0.120. The number of hydrogen-bond donors (Lipinski definition) is 1. The van der Waals surface area contributed by atoms with Gasteiger partial charge in [0.1, 0.15) is 0 Å². The first-order valence-corrected chi connectivity index (χ1v) is 3.96. The second-order valence-electron chi connectivity index (χ2n) is 2.80. The van der Waals surface area contributed by atoms with Crippen molar-refractivity contribution in [1.29, 1.82) is 0 Å². The van der Waals surface area contributed by atoms with E-state index in [1.54, 1.807) is 0 Å². The molecule has 0 aromatic carbocycles. The third-order valence-electron chi connectivity index (χ3n) is 1.67. The largest absolute Gasteiger partial charge is 0.325 e. The smallest absolute Gasteiger partial charge is 0.0849 e. The van der Waals surface area contributed by atoms with Gasteiger partial charge in [0.25, 0.3) is 0 Å². The van der Waals surface area contributed by atoms with Gasteiger partial charge in [0.2, 0.25) is 0 Å². The molecule has 1 aliphatic heterocycles. The molecule has 0 aromatic heterocycles. The van der Waals surface area contributed by atoms with Crippen LogP contribution in [0.2, 0.25) is 0 Å². The van der Waals surface area contributed by atoms with Crippen molar-refractivity contribution in [3.05, 3.63) is 0 Å². The van der Waals surface area contributed by atoms with E-state index in [-0.39, 0.29) is 6.04 Å². The van der Waals surface area contributed by atoms with Crippen molar-refractivity contribution in [3.8, 4) is 0 Å². The van der Waals surface area contributed by atoms with Crippen molar-refractivity contribution in [1.82, 2.24) is 5.06 Å². The van der Waals surface area contributed by atoms with Crippen LogP contribution in [0.4, 0.5) is 0 Å². The van der Waals surface area contributed by atoms with Crippen LogP contribution in [0.25, 0.3) is 0 Å². The number of unbranched alkanes of at least 4 members (excludes halogenated alkanes) is 1. The Morgan fingerprint density at radius 1 is 1.70 bits per heavy atom. The molecule has 1 rings (SSSR count). The molecular formula is C7H16N2O. The van der Waals surface area contributed by atoms with Gasteiger partial charge in [-0.1, -0.05) is 13.3 Å². The van der Waals surface area contributed by atoms with Gasteiger partial charge in [-0.15, -0.1) is 0 Å². The second kappa shape index (κ2) is 3.91. The fourth-order valence-electron chi connectivity index (χ4n) is 1.06. The minimum atomic E-state index is 0.233. The molecule has 0 aliphatic carbocycles. The van der Waals surface area contributed by atoms with Crippen LogP contribution in [0.5, 0.6) is 0 Å². The van der Waals surface area contributed by atoms with E-state index in [0.717, 1.165) is 13.1 Å². The van der Waals surface area contributed by atoms with Gasteiger partial charge in [0.15, 0.2) is 0 Å². The molecule has 1 aliphatic rings. The zero-order valence-electron chi connectivity index (χ0n) is 6.55. The lowest BCUT2D eigenvalue weighted by molar-refractivity contribution is -0.110. The molecule has 0 unspecified atom stereocenters. The van der Waals surface area contributed by atoms with E-state index in [1.807, 2.05) is 5.06 Å². The van der Waals surface area contributed by atoms with E-state index in [1.165, 1.54) is 12.8 Å². The summed E-state index contributed by atoms with van der Waals surface area (Å²) in [5, 5.41) is 1.97. The molecule has 2 N–H and O–H groups in total. The summed E-state index contributed by atoms with van der Waals surface area (Å²) in [6.45, 7) is 4.81. The summed E-state index contributed by atoms with van der Waals surface area (Å²) in [5.41, 5.74) is 5.63. The van der Waals surface area contributed by atoms with Gasteiger partial charge in [-0.2, -0.15) is 5.06 Å². The predicted octanol–water partition coefficient (Wildman–Crippen LogP) is 0.361. The quantitative estimate of drug-likeness (QED) is 0.621. The average Bonchev–Trinajstić information content (AvgIpc) is 2.31. The fourth-order valence-corrected chi connectivity index (χ4v) is 1.06. The van der Waals surface area contributed by atoms with Crippen molar-refractivity contribution in [2.45, 2.75) is 25.8 Å². The van der Waals surface area contributed by atoms with Crippen LogP contribution in [0.3, 0.4) is 0 Å². The second-order valence-corrected chi connectivity index (χ2v) is 2.80. The SMILES string of the molecule is CCCCN1C[C@@H](N)CO1. The average molecular weight is 144 g/mol. The molecule has 0 radical (unpaired) electrons. The van der Waals surface area contributed by atoms with E-state index >= 15 is 0 Å². The van der Waals surface area contributed by atoms with Crippen LogP contribution in [0, 0.1) is 0 Å². The third kappa shape index (κ3) is 2.25. The summed E-state index contributed by atoms with van der Waals surface area (Å²) in [5.74, 6) is 0. The maximum Gasteiger partial charge on any atom is 0.0849 e. The number of hydroxylamine groups is 2. The molecule has 60 valence electrons. The zero-order chi connectivity index (χ0) is 7.40. The summed E-state index contributed by atoms with van der Waals surface area (Å²) >= 11 is 0. The number of hydrogen-bond acceptors (Lipinski definition) is 3. The fraction of sp³-hybridized carbons (Fsp3) is 1.00. The molecule has 3 heteroatoms. The summed E-state index contributed by atoms with van der Waals surface area (Å²) in [7, 11) is 0. The first-order chi connectivity index (χ1) is 4.83. The van der Waals surface area contributed by atoms with Gasteiger partial charge >= 0.3 is 0 Å². The Bertz CT molecular complexity index is 97.6. The minimum absolute atomic E-state index is 0.233. The van der Waals surface area contributed by atoms with Crippen LogP contribution < -0.4 is 5.73 Å². The molecular weight excluding hydrogens is 128 g/mol. The highest BCUT2D eigenvalue weighted by Crippen LogP contribution is 2.04. The molecule has 1 saturated heterocycles. The highest BCUT2D eigenvalue weighted by molar-refractivity contribution is 4.68. The lowest BCUT2D eigenvalue weighted by atomic mass is 10.3. The van der Waals surface area contributed by atoms with Gasteiger partial charge in [-0.25, -0.2) is 0 Å². The van der Waals surface area contributed by atoms with Crippen LogP contribution in [-0.2, 0) is 4.84 Å². The number of rotatable bonds is 3. The molecule has 0 saturated carbocycles. The highest BCUT2D eigenvalue weighted by atomic mass is 16.7. The number of nitrogens with zero attached hydrogens (tertiary/aromatic N) is 1. The molecule has 0 spiro atoms. The Kier molecular flexibility index (Phi) is 3.12. The monoisotopic (exact) mass is 144 g/mol. The minimum Gasteiger partial charge on any atom is -0.325 e. The van der Waals surface area contributed by atoms with Crippen LogP contribution >= 0.6 is 0 Å². The van der Waals surface area contributed by atoms with E-state index < -0.39 is 0 Å². The third-order valence-corrected chi connectivity index (χ3v) is 1.67. The van der Waals surface area contributed by atoms with E-state index in [2.05, 4.69) is 6.92 Å². The molecule has 1 heterocycles. The van der Waals surface area contributed by atoms with Gasteiger partial charge < -0.3 is 5.73 Å². The Balaban J connectivity index is 2.06. The molecule has 0 bridgehead atoms. The normalized spacial score (nSPS) is 27.6. The first kappa shape index (κ1) is 7.98. The Labute approximate surface area is 62.1 Å². The Morgan fingerprint density at radius 2 is 2.50 bits per heavy atom. The summed E-state index contributed by atoms with van der Waals surface area (Å²) in [4.78, 5) is 5.28. The van der Waals surface area contributed by atoms with E-state index in [9.17, 15) is 0 Å². The summed E-state index contributed by atoms with van der Waals surface area (Å²) in [6.07, 6.45) is 2.42. The molecule has 3 nitrogen and oxygen atoms in total.